The van der Waals surface area contributed by atoms with Gasteiger partial charge in [0, 0.05) is 17.2 Å². The van der Waals surface area contributed by atoms with Crippen LogP contribution < -0.4 is 5.32 Å². The van der Waals surface area contributed by atoms with Gasteiger partial charge < -0.3 is 10.4 Å². The Morgan fingerprint density at radius 1 is 1.38 bits per heavy atom. The number of thioether (sulfide) groups is 1. The lowest BCUT2D eigenvalue weighted by Gasteiger charge is -2.10. The molecule has 0 radical (unpaired) electrons. The van der Waals surface area contributed by atoms with Gasteiger partial charge in [0.2, 0.25) is 0 Å². The molecular formula is C12H18FNOS. The van der Waals surface area contributed by atoms with Crippen LogP contribution in [-0.4, -0.2) is 30.1 Å². The number of aliphatic hydroxyl groups is 1. The van der Waals surface area contributed by atoms with Gasteiger partial charge in [-0.2, -0.15) is 0 Å². The van der Waals surface area contributed by atoms with Gasteiger partial charge in [0.15, 0.2) is 0 Å². The fraction of sp³-hybridized carbons (Fsp3) is 0.500. The summed E-state index contributed by atoms with van der Waals surface area (Å²) in [6.45, 7) is 3.63. The van der Waals surface area contributed by atoms with Crippen molar-refractivity contribution in [3.63, 3.8) is 0 Å². The molecule has 0 aliphatic carbocycles. The summed E-state index contributed by atoms with van der Waals surface area (Å²) in [4.78, 5) is 0.982. The molecule has 0 saturated carbocycles. The highest BCUT2D eigenvalue weighted by molar-refractivity contribution is 7.99. The van der Waals surface area contributed by atoms with Crippen molar-refractivity contribution in [2.75, 3.05) is 18.8 Å². The lowest BCUT2D eigenvalue weighted by atomic mass is 10.3. The molecule has 4 heteroatoms. The molecule has 0 heterocycles. The van der Waals surface area contributed by atoms with Crippen LogP contribution in [0.4, 0.5) is 4.39 Å². The van der Waals surface area contributed by atoms with Crippen molar-refractivity contribution < 1.29 is 9.50 Å². The van der Waals surface area contributed by atoms with Crippen molar-refractivity contribution in [2.24, 2.45) is 0 Å². The Balaban J connectivity index is 2.20. The van der Waals surface area contributed by atoms with E-state index in [0.717, 1.165) is 17.9 Å². The van der Waals surface area contributed by atoms with Gasteiger partial charge in [-0.15, -0.1) is 11.8 Å². The van der Waals surface area contributed by atoms with Crippen LogP contribution in [0.5, 0.6) is 0 Å². The van der Waals surface area contributed by atoms with E-state index in [0.29, 0.717) is 12.3 Å². The first-order chi connectivity index (χ1) is 7.72. The van der Waals surface area contributed by atoms with E-state index in [1.165, 1.54) is 23.9 Å². The Kier molecular flexibility index (Phi) is 6.45. The van der Waals surface area contributed by atoms with Crippen molar-refractivity contribution in [1.29, 1.82) is 0 Å². The normalized spacial score (nSPS) is 12.7. The third kappa shape index (κ3) is 5.49. The van der Waals surface area contributed by atoms with Gasteiger partial charge in [-0.05, 0) is 37.2 Å². The third-order valence-corrected chi connectivity index (χ3v) is 3.22. The zero-order chi connectivity index (χ0) is 11.8. The first kappa shape index (κ1) is 13.5. The van der Waals surface area contributed by atoms with Gasteiger partial charge >= 0.3 is 0 Å². The van der Waals surface area contributed by atoms with E-state index in [-0.39, 0.29) is 11.9 Å². The second kappa shape index (κ2) is 7.65. The van der Waals surface area contributed by atoms with Gasteiger partial charge in [0.05, 0.1) is 6.10 Å². The van der Waals surface area contributed by atoms with Gasteiger partial charge in [-0.1, -0.05) is 6.92 Å². The van der Waals surface area contributed by atoms with Crippen LogP contribution in [0.25, 0.3) is 0 Å². The van der Waals surface area contributed by atoms with Gasteiger partial charge in [0.1, 0.15) is 5.82 Å². The molecule has 0 saturated heterocycles. The maximum absolute atomic E-state index is 12.6. The highest BCUT2D eigenvalue weighted by atomic mass is 32.2. The smallest absolute Gasteiger partial charge is 0.123 e. The van der Waals surface area contributed by atoms with Crippen molar-refractivity contribution in [1.82, 2.24) is 5.32 Å². The summed E-state index contributed by atoms with van der Waals surface area (Å²) in [5, 5.41) is 12.8. The standard InChI is InChI=1S/C12H18FNOS/c1-2-7-14-8-11(15)9-16-12-5-3-10(13)4-6-12/h3-6,11,14-15H,2,7-9H2,1H3. The van der Waals surface area contributed by atoms with Crippen molar-refractivity contribution in [3.8, 4) is 0 Å². The summed E-state index contributed by atoms with van der Waals surface area (Å²) in [7, 11) is 0. The summed E-state index contributed by atoms with van der Waals surface area (Å²) in [6.07, 6.45) is 0.708. The van der Waals surface area contributed by atoms with Crippen molar-refractivity contribution in [2.45, 2.75) is 24.3 Å². The molecule has 90 valence electrons. The summed E-state index contributed by atoms with van der Waals surface area (Å²) in [5.41, 5.74) is 0. The summed E-state index contributed by atoms with van der Waals surface area (Å²) in [6, 6.07) is 6.33. The SMILES string of the molecule is CCCNCC(O)CSc1ccc(F)cc1. The van der Waals surface area contributed by atoms with Crippen molar-refractivity contribution >= 4 is 11.8 Å². The fourth-order valence-electron chi connectivity index (χ4n) is 1.23. The Morgan fingerprint density at radius 3 is 2.69 bits per heavy atom. The predicted molar refractivity (Wildman–Crippen MR) is 66.3 cm³/mol. The molecule has 1 aromatic carbocycles. The molecule has 0 fully saturated rings. The van der Waals surface area contributed by atoms with E-state index in [2.05, 4.69) is 12.2 Å². The van der Waals surface area contributed by atoms with E-state index >= 15 is 0 Å². The van der Waals surface area contributed by atoms with Gasteiger partial charge in [0.25, 0.3) is 0 Å². The Bertz CT molecular complexity index is 292. The largest absolute Gasteiger partial charge is 0.391 e. The number of aliphatic hydroxyl groups excluding tert-OH is 1. The van der Waals surface area contributed by atoms with Crippen LogP contribution in [0.15, 0.2) is 29.2 Å². The molecule has 0 aliphatic rings. The van der Waals surface area contributed by atoms with E-state index < -0.39 is 0 Å². The minimum absolute atomic E-state index is 0.227. The zero-order valence-electron chi connectivity index (χ0n) is 9.45. The third-order valence-electron chi connectivity index (χ3n) is 2.06. The van der Waals surface area contributed by atoms with Crippen LogP contribution in [0.3, 0.4) is 0 Å². The minimum atomic E-state index is -0.360. The highest BCUT2D eigenvalue weighted by Crippen LogP contribution is 2.18. The molecule has 1 aromatic rings. The van der Waals surface area contributed by atoms with Crippen molar-refractivity contribution in [3.05, 3.63) is 30.1 Å². The van der Waals surface area contributed by atoms with E-state index in [4.69, 9.17) is 0 Å². The maximum Gasteiger partial charge on any atom is 0.123 e. The van der Waals surface area contributed by atoms with E-state index in [1.54, 1.807) is 12.1 Å². The summed E-state index contributed by atoms with van der Waals surface area (Å²) < 4.78 is 12.6. The summed E-state index contributed by atoms with van der Waals surface area (Å²) in [5.74, 6) is 0.400. The lowest BCUT2D eigenvalue weighted by Crippen LogP contribution is -2.28. The lowest BCUT2D eigenvalue weighted by molar-refractivity contribution is 0.196. The molecule has 2 N–H and O–H groups in total. The van der Waals surface area contributed by atoms with Crippen LogP contribution in [0.2, 0.25) is 0 Å². The molecule has 0 aromatic heterocycles. The number of hydrogen-bond acceptors (Lipinski definition) is 3. The summed E-state index contributed by atoms with van der Waals surface area (Å²) >= 11 is 1.54. The first-order valence-corrected chi connectivity index (χ1v) is 6.48. The second-order valence-corrected chi connectivity index (χ2v) is 4.72. The monoisotopic (exact) mass is 243 g/mol. The van der Waals surface area contributed by atoms with Crippen LogP contribution >= 0.6 is 11.8 Å². The highest BCUT2D eigenvalue weighted by Gasteiger charge is 2.04. The quantitative estimate of drug-likeness (QED) is 0.569. The number of benzene rings is 1. The Hall–Kier alpha value is -0.580. The molecule has 1 rings (SSSR count). The maximum atomic E-state index is 12.6. The number of halogens is 1. The second-order valence-electron chi connectivity index (χ2n) is 3.62. The molecule has 1 unspecified atom stereocenters. The average molecular weight is 243 g/mol. The van der Waals surface area contributed by atoms with Gasteiger partial charge in [-0.3, -0.25) is 0 Å². The number of nitrogens with one attached hydrogen (secondary N) is 1. The van der Waals surface area contributed by atoms with E-state index in [9.17, 15) is 9.50 Å². The molecule has 0 aliphatic heterocycles. The molecule has 2 nitrogen and oxygen atoms in total. The molecule has 1 atom stereocenters. The first-order valence-electron chi connectivity index (χ1n) is 5.49. The molecule has 16 heavy (non-hydrogen) atoms. The Morgan fingerprint density at radius 2 is 2.06 bits per heavy atom. The Labute approximate surface area is 100 Å². The van der Waals surface area contributed by atoms with Crippen LogP contribution in [-0.2, 0) is 0 Å². The van der Waals surface area contributed by atoms with Crippen LogP contribution in [0, 0.1) is 5.82 Å². The zero-order valence-corrected chi connectivity index (χ0v) is 10.3. The number of rotatable bonds is 7. The topological polar surface area (TPSA) is 32.3 Å². The molecule has 0 spiro atoms. The van der Waals surface area contributed by atoms with Crippen LogP contribution in [0.1, 0.15) is 13.3 Å². The van der Waals surface area contributed by atoms with E-state index in [1.807, 2.05) is 0 Å². The number of hydrogen-bond donors (Lipinski definition) is 2. The fourth-order valence-corrected chi connectivity index (χ4v) is 2.06. The molecule has 0 bridgehead atoms. The van der Waals surface area contributed by atoms with Gasteiger partial charge in [-0.25, -0.2) is 4.39 Å². The minimum Gasteiger partial charge on any atom is -0.391 e. The molecular weight excluding hydrogens is 225 g/mol. The average Bonchev–Trinajstić information content (AvgIpc) is 2.29. The predicted octanol–water partition coefficient (Wildman–Crippen LogP) is 2.28. The molecule has 0 amide bonds.